The lowest BCUT2D eigenvalue weighted by Crippen LogP contribution is -2.36. The normalized spacial score (nSPS) is 12.1. The molecule has 0 unspecified atom stereocenters. The van der Waals surface area contributed by atoms with Crippen LogP contribution in [0.2, 0.25) is 10.0 Å². The van der Waals surface area contributed by atoms with Crippen molar-refractivity contribution >= 4 is 90.5 Å². The second-order valence-corrected chi connectivity index (χ2v) is 13.3. The molecule has 3 aromatic carbocycles. The molecule has 1 heterocycles. The number of sulfonamides is 1. The van der Waals surface area contributed by atoms with Crippen LogP contribution >= 0.6 is 58.0 Å². The predicted octanol–water partition coefficient (Wildman–Crippen LogP) is 7.56. The zero-order valence-corrected chi connectivity index (χ0v) is 24.8. The van der Waals surface area contributed by atoms with Gasteiger partial charge in [-0.25, -0.2) is 8.42 Å². The Hall–Kier alpha value is -2.27. The smallest absolute Gasteiger partial charge is 0.326 e. The molecule has 0 radical (unpaired) electrons. The lowest BCUT2D eigenvalue weighted by Gasteiger charge is -2.24. The summed E-state index contributed by atoms with van der Waals surface area (Å²) in [6, 6.07) is 14.0. The van der Waals surface area contributed by atoms with Crippen molar-refractivity contribution in [3.63, 3.8) is 0 Å². The summed E-state index contributed by atoms with van der Waals surface area (Å²) in [5.74, 6) is -0.734. The van der Waals surface area contributed by atoms with Gasteiger partial charge in [-0.15, -0.1) is 0 Å². The minimum atomic E-state index is -4.29. The number of esters is 1. The minimum Gasteiger partial charge on any atom is -0.464 e. The summed E-state index contributed by atoms with van der Waals surface area (Å²) >= 11 is 29.7. The third kappa shape index (κ3) is 6.90. The molecule has 8 nitrogen and oxygen atoms in total. The van der Waals surface area contributed by atoms with Crippen molar-refractivity contribution in [1.82, 2.24) is 10.1 Å². The number of benzene rings is 3. The third-order valence-corrected chi connectivity index (χ3v) is 8.19. The van der Waals surface area contributed by atoms with Crippen LogP contribution < -0.4 is 4.31 Å². The highest BCUT2D eigenvalue weighted by Gasteiger charge is 2.32. The van der Waals surface area contributed by atoms with E-state index in [0.717, 1.165) is 10.7 Å². The molecule has 0 saturated carbocycles. The Kier molecular flexibility index (Phi) is 9.20. The van der Waals surface area contributed by atoms with Crippen LogP contribution in [0.5, 0.6) is 0 Å². The second-order valence-electron chi connectivity index (χ2n) is 8.32. The van der Waals surface area contributed by atoms with Crippen LogP contribution in [0.1, 0.15) is 25.7 Å². The first-order chi connectivity index (χ1) is 18.4. The molecule has 0 aliphatic rings. The first-order valence-corrected chi connectivity index (χ1v) is 14.8. The number of hydrogen-bond acceptors (Lipinski definition) is 7. The van der Waals surface area contributed by atoms with E-state index in [-0.39, 0.29) is 39.0 Å². The number of nitrogens with zero attached hydrogens (tertiary/aromatic N) is 3. The van der Waals surface area contributed by atoms with Gasteiger partial charge in [-0.05, 0) is 47.5 Å². The van der Waals surface area contributed by atoms with Crippen molar-refractivity contribution in [2.24, 2.45) is 0 Å². The molecule has 0 bridgehead atoms. The van der Waals surface area contributed by atoms with E-state index in [0.29, 0.717) is 22.8 Å². The number of carbonyl (C=O) groups is 1. The molecule has 0 atom stereocenters. The molecule has 4 rings (SSSR count). The number of alkyl halides is 3. The highest BCUT2D eigenvalue weighted by atomic mass is 35.6. The van der Waals surface area contributed by atoms with Crippen LogP contribution in [0.15, 0.2) is 64.0 Å². The SMILES string of the molecule is CCCCOC(=O)CN(c1ccc2c(-c3noc(C(Cl)(Cl)Cl)n3)cccc2c1)S(=O)(=O)c1cc(Cl)cc(Cl)c1. The molecule has 14 heteroatoms. The standard InChI is InChI=1S/C25H20Cl5N3O5S/c1-2-3-9-37-22(34)14-33(39(35,36)19-12-16(26)11-17(27)13-19)18-7-8-20-15(10-18)5-4-6-21(20)23-31-24(38-32-23)25(28,29)30/h4-8,10-13H,2-3,9,14H2,1H3. The molecule has 0 aliphatic heterocycles. The lowest BCUT2D eigenvalue weighted by molar-refractivity contribution is -0.141. The molecule has 0 saturated heterocycles. The summed E-state index contributed by atoms with van der Waals surface area (Å²) in [4.78, 5) is 16.6. The van der Waals surface area contributed by atoms with Gasteiger partial charge in [0.2, 0.25) is 5.82 Å². The van der Waals surface area contributed by atoms with Crippen LogP contribution in [0.25, 0.3) is 22.2 Å². The van der Waals surface area contributed by atoms with Gasteiger partial charge in [-0.1, -0.05) is 101 Å². The minimum absolute atomic E-state index is 0.129. The molecule has 0 aliphatic carbocycles. The summed E-state index contributed by atoms with van der Waals surface area (Å²) in [5, 5.41) is 5.43. The van der Waals surface area contributed by atoms with E-state index in [4.69, 9.17) is 67.3 Å². The van der Waals surface area contributed by atoms with Crippen molar-refractivity contribution < 1.29 is 22.5 Å². The fraction of sp³-hybridized carbons (Fsp3) is 0.240. The van der Waals surface area contributed by atoms with Crippen molar-refractivity contribution in [3.05, 3.63) is 70.5 Å². The van der Waals surface area contributed by atoms with Crippen LogP contribution in [0, 0.1) is 0 Å². The van der Waals surface area contributed by atoms with E-state index in [1.807, 2.05) is 6.92 Å². The summed E-state index contributed by atoms with van der Waals surface area (Å²) in [6.45, 7) is 1.55. The zero-order valence-electron chi connectivity index (χ0n) is 20.2. The van der Waals surface area contributed by atoms with E-state index in [1.54, 1.807) is 36.4 Å². The maximum absolute atomic E-state index is 13.8. The van der Waals surface area contributed by atoms with Gasteiger partial charge in [0.05, 0.1) is 17.2 Å². The molecule has 1 aromatic heterocycles. The number of ether oxygens (including phenoxy) is 1. The highest BCUT2D eigenvalue weighted by molar-refractivity contribution is 7.92. The molecule has 206 valence electrons. The average molecular weight is 652 g/mol. The van der Waals surface area contributed by atoms with Gasteiger partial charge in [-0.3, -0.25) is 9.10 Å². The molecule has 39 heavy (non-hydrogen) atoms. The van der Waals surface area contributed by atoms with E-state index >= 15 is 0 Å². The Morgan fingerprint density at radius 2 is 1.77 bits per heavy atom. The van der Waals surface area contributed by atoms with Gasteiger partial charge < -0.3 is 9.26 Å². The first-order valence-electron chi connectivity index (χ1n) is 11.5. The Morgan fingerprint density at radius 3 is 2.41 bits per heavy atom. The predicted molar refractivity (Wildman–Crippen MR) is 153 cm³/mol. The fourth-order valence-corrected chi connectivity index (χ4v) is 6.04. The van der Waals surface area contributed by atoms with Crippen LogP contribution in [-0.4, -0.2) is 37.7 Å². The Balaban J connectivity index is 1.79. The number of unbranched alkanes of at least 4 members (excludes halogenated alkanes) is 1. The van der Waals surface area contributed by atoms with Crippen molar-refractivity contribution in [2.75, 3.05) is 17.5 Å². The maximum Gasteiger partial charge on any atom is 0.326 e. The van der Waals surface area contributed by atoms with Crippen LogP contribution in [0.3, 0.4) is 0 Å². The van der Waals surface area contributed by atoms with E-state index in [2.05, 4.69) is 10.1 Å². The van der Waals surface area contributed by atoms with Crippen molar-refractivity contribution in [1.29, 1.82) is 0 Å². The van der Waals surface area contributed by atoms with Gasteiger partial charge in [-0.2, -0.15) is 4.98 Å². The Labute approximate surface area is 249 Å². The number of aromatic nitrogens is 2. The number of halogens is 5. The number of carbonyl (C=O) groups excluding carboxylic acids is 1. The van der Waals surface area contributed by atoms with Gasteiger partial charge in [0.15, 0.2) is 0 Å². The van der Waals surface area contributed by atoms with Crippen LogP contribution in [0.4, 0.5) is 5.69 Å². The average Bonchev–Trinajstić information content (AvgIpc) is 3.37. The van der Waals surface area contributed by atoms with Gasteiger partial charge in [0, 0.05) is 15.6 Å². The second kappa shape index (κ2) is 12.1. The van der Waals surface area contributed by atoms with E-state index < -0.39 is 26.3 Å². The summed E-state index contributed by atoms with van der Waals surface area (Å²) < 4.78 is 36.9. The molecule has 0 spiro atoms. The monoisotopic (exact) mass is 649 g/mol. The fourth-order valence-electron chi connectivity index (χ4n) is 3.68. The summed E-state index contributed by atoms with van der Waals surface area (Å²) in [5.41, 5.74) is 0.761. The third-order valence-electron chi connectivity index (χ3n) is 5.52. The Bertz CT molecular complexity index is 1600. The molecule has 0 N–H and O–H groups in total. The number of rotatable bonds is 9. The molecule has 0 fully saturated rings. The maximum atomic E-state index is 13.8. The summed E-state index contributed by atoms with van der Waals surface area (Å²) in [7, 11) is -4.29. The van der Waals surface area contributed by atoms with Crippen LogP contribution in [-0.2, 0) is 23.3 Å². The van der Waals surface area contributed by atoms with Gasteiger partial charge >= 0.3 is 5.97 Å². The Morgan fingerprint density at radius 1 is 1.05 bits per heavy atom. The first kappa shape index (κ1) is 29.7. The summed E-state index contributed by atoms with van der Waals surface area (Å²) in [6.07, 6.45) is 1.46. The molecule has 4 aromatic rings. The molecule has 0 amide bonds. The number of fused-ring (bicyclic) bond motifs is 1. The van der Waals surface area contributed by atoms with Gasteiger partial charge in [0.25, 0.3) is 19.7 Å². The molecular formula is C25H20Cl5N3O5S. The number of anilines is 1. The number of hydrogen-bond donors (Lipinski definition) is 0. The van der Waals surface area contributed by atoms with E-state index in [9.17, 15) is 13.2 Å². The zero-order chi connectivity index (χ0) is 28.4. The highest BCUT2D eigenvalue weighted by Crippen LogP contribution is 2.39. The van der Waals surface area contributed by atoms with Gasteiger partial charge in [0.1, 0.15) is 6.54 Å². The lowest BCUT2D eigenvalue weighted by atomic mass is 10.0. The van der Waals surface area contributed by atoms with Crippen molar-refractivity contribution in [3.8, 4) is 11.4 Å². The molecular weight excluding hydrogens is 632 g/mol. The topological polar surface area (TPSA) is 103 Å². The van der Waals surface area contributed by atoms with Crippen molar-refractivity contribution in [2.45, 2.75) is 28.5 Å². The quantitative estimate of drug-likeness (QED) is 0.105. The largest absolute Gasteiger partial charge is 0.464 e. The van der Waals surface area contributed by atoms with E-state index in [1.165, 1.54) is 18.2 Å².